The molecule has 0 aliphatic heterocycles. The Bertz CT molecular complexity index is 2960. The number of phosphoric acid groups is 2. The zero-order chi connectivity index (χ0) is 78.9. The number of unbranched alkanes of at least 4 members (excludes halogenated alkanes) is 8. The van der Waals surface area contributed by atoms with E-state index in [-0.39, 0.29) is 25.7 Å². The van der Waals surface area contributed by atoms with Gasteiger partial charge in [-0.05, 0) is 167 Å². The Morgan fingerprint density at radius 2 is 0.500 bits per heavy atom. The van der Waals surface area contributed by atoms with Gasteiger partial charge in [-0.15, -0.1) is 0 Å². The number of allylic oxidation sites excluding steroid dienone is 37. The van der Waals surface area contributed by atoms with Gasteiger partial charge in [-0.1, -0.05) is 284 Å². The van der Waals surface area contributed by atoms with Crippen molar-refractivity contribution in [2.75, 3.05) is 39.6 Å². The molecule has 108 heavy (non-hydrogen) atoms. The first-order chi connectivity index (χ1) is 52.7. The van der Waals surface area contributed by atoms with Crippen LogP contribution in [0, 0.1) is 0 Å². The first kappa shape index (κ1) is 101. The lowest BCUT2D eigenvalue weighted by Crippen LogP contribution is -2.30. The molecule has 0 aromatic heterocycles. The first-order valence-electron chi connectivity index (χ1n) is 39.6. The number of hydrogen-bond donors (Lipinski definition) is 3. The number of hydrogen-bond acceptors (Lipinski definition) is 15. The van der Waals surface area contributed by atoms with E-state index in [9.17, 15) is 43.2 Å². The molecule has 0 aromatic carbocycles. The van der Waals surface area contributed by atoms with Gasteiger partial charge in [0.25, 0.3) is 0 Å². The lowest BCUT2D eigenvalue weighted by Gasteiger charge is -2.21. The van der Waals surface area contributed by atoms with E-state index in [1.807, 2.05) is 36.5 Å². The van der Waals surface area contributed by atoms with E-state index in [4.69, 9.17) is 37.0 Å². The maximum absolute atomic E-state index is 13.1. The number of carbonyl (C=O) groups is 4. The SMILES string of the molecule is CC/C=C\C/C=C\C/C=C\C/C=C\C/C=C\CCCC(=O)OCC(COP(=O)(O)OCC(O)COP(=O)(O)OCC(COC(=O)CCCCCCCC/C=C\C/C=C\C/C=C\C/C=C\CC)OC(=O)C/C=C\C/C=C\C/C=C\C/C=C\C/C=C\CC)OC(=O)CCC/C=C\C/C=C\C/C=C\C/C=C\C/C=C\CC. The number of rotatable bonds is 71. The van der Waals surface area contributed by atoms with E-state index in [2.05, 4.69) is 210 Å². The number of esters is 4. The largest absolute Gasteiger partial charge is 0.472 e. The topological polar surface area (TPSA) is 237 Å². The van der Waals surface area contributed by atoms with Crippen LogP contribution in [0.4, 0.5) is 0 Å². The van der Waals surface area contributed by atoms with Crippen LogP contribution in [0.25, 0.3) is 0 Å². The van der Waals surface area contributed by atoms with Gasteiger partial charge in [-0.25, -0.2) is 9.13 Å². The van der Waals surface area contributed by atoms with Crippen LogP contribution in [0.2, 0.25) is 0 Å². The highest BCUT2D eigenvalue weighted by Crippen LogP contribution is 2.45. The van der Waals surface area contributed by atoms with Crippen molar-refractivity contribution >= 4 is 39.5 Å². The molecule has 0 amide bonds. The van der Waals surface area contributed by atoms with Gasteiger partial charge in [0.2, 0.25) is 0 Å². The summed E-state index contributed by atoms with van der Waals surface area (Å²) in [5.41, 5.74) is 0. The fraction of sp³-hybridized carbons (Fsp3) is 0.528. The predicted octanol–water partition coefficient (Wildman–Crippen LogP) is 23.4. The van der Waals surface area contributed by atoms with Crippen molar-refractivity contribution in [2.24, 2.45) is 0 Å². The Labute approximate surface area is 651 Å². The normalized spacial score (nSPS) is 15.1. The van der Waals surface area contributed by atoms with E-state index in [0.29, 0.717) is 38.5 Å². The predicted molar refractivity (Wildman–Crippen MR) is 444 cm³/mol. The lowest BCUT2D eigenvalue weighted by molar-refractivity contribution is -0.161. The molecule has 0 saturated carbocycles. The zero-order valence-electron chi connectivity index (χ0n) is 65.9. The summed E-state index contributed by atoms with van der Waals surface area (Å²) in [5.74, 6) is -2.51. The molecule has 0 saturated heterocycles. The van der Waals surface area contributed by atoms with Gasteiger partial charge in [-0.3, -0.25) is 37.3 Å². The summed E-state index contributed by atoms with van der Waals surface area (Å²) < 4.78 is 68.3. The Kier molecular flexibility index (Phi) is 73.3. The fourth-order valence-electron chi connectivity index (χ4n) is 9.30. The average molecular weight is 1540 g/mol. The molecule has 3 N–H and O–H groups in total. The van der Waals surface area contributed by atoms with Crippen molar-refractivity contribution < 1.29 is 80.2 Å². The summed E-state index contributed by atoms with van der Waals surface area (Å²) in [6.45, 7) is 4.10. The molecule has 0 bridgehead atoms. The maximum atomic E-state index is 13.1. The van der Waals surface area contributed by atoms with Gasteiger partial charge < -0.3 is 33.8 Å². The average Bonchev–Trinajstić information content (AvgIpc) is 0.901. The molecule has 0 aliphatic carbocycles. The second-order valence-electron chi connectivity index (χ2n) is 25.1. The molecule has 0 rings (SSSR count). The van der Waals surface area contributed by atoms with Gasteiger partial charge in [0.15, 0.2) is 12.2 Å². The number of aliphatic hydroxyl groups is 1. The monoisotopic (exact) mass is 1540 g/mol. The van der Waals surface area contributed by atoms with E-state index in [0.717, 1.165) is 154 Å². The smallest absolute Gasteiger partial charge is 0.462 e. The van der Waals surface area contributed by atoms with E-state index >= 15 is 0 Å². The molecule has 0 heterocycles. The van der Waals surface area contributed by atoms with Crippen LogP contribution in [0.3, 0.4) is 0 Å². The van der Waals surface area contributed by atoms with Crippen molar-refractivity contribution in [1.29, 1.82) is 0 Å². The molecule has 0 aliphatic rings. The quantitative estimate of drug-likeness (QED) is 0.0169. The summed E-state index contributed by atoms with van der Waals surface area (Å²) in [4.78, 5) is 73.0. The van der Waals surface area contributed by atoms with Gasteiger partial charge in [0, 0.05) is 19.3 Å². The van der Waals surface area contributed by atoms with Gasteiger partial charge in [-0.2, -0.15) is 0 Å². The van der Waals surface area contributed by atoms with Gasteiger partial charge in [0.05, 0.1) is 32.8 Å². The van der Waals surface area contributed by atoms with Crippen LogP contribution in [0.1, 0.15) is 246 Å². The highest BCUT2D eigenvalue weighted by atomic mass is 31.2. The van der Waals surface area contributed by atoms with E-state index in [1.54, 1.807) is 12.2 Å². The number of phosphoric ester groups is 2. The second kappa shape index (κ2) is 78.2. The summed E-state index contributed by atoms with van der Waals surface area (Å²) in [6.07, 6.45) is 101. The van der Waals surface area contributed by atoms with Crippen molar-refractivity contribution in [3.05, 3.63) is 231 Å². The maximum Gasteiger partial charge on any atom is 0.472 e. The molecule has 17 nitrogen and oxygen atoms in total. The Morgan fingerprint density at radius 1 is 0.269 bits per heavy atom. The Morgan fingerprint density at radius 3 is 0.815 bits per heavy atom. The molecule has 5 atom stereocenters. The van der Waals surface area contributed by atoms with Crippen LogP contribution >= 0.6 is 15.6 Å². The minimum atomic E-state index is -5.03. The van der Waals surface area contributed by atoms with Crippen LogP contribution < -0.4 is 0 Å². The molecule has 0 radical (unpaired) electrons. The Balaban J connectivity index is 5.58. The van der Waals surface area contributed by atoms with Crippen LogP contribution in [0.15, 0.2) is 231 Å². The van der Waals surface area contributed by atoms with Gasteiger partial charge in [0.1, 0.15) is 19.3 Å². The first-order valence-corrected chi connectivity index (χ1v) is 42.6. The highest BCUT2D eigenvalue weighted by molar-refractivity contribution is 7.47. The summed E-state index contributed by atoms with van der Waals surface area (Å²) >= 11 is 0. The minimum Gasteiger partial charge on any atom is -0.462 e. The lowest BCUT2D eigenvalue weighted by atomic mass is 10.1. The minimum absolute atomic E-state index is 0.00909. The summed E-state index contributed by atoms with van der Waals surface area (Å²) in [5, 5.41) is 10.6. The third-order valence-corrected chi connectivity index (χ3v) is 17.0. The van der Waals surface area contributed by atoms with Gasteiger partial charge >= 0.3 is 39.5 Å². The molecular formula is C89H136O17P2. The van der Waals surface area contributed by atoms with Crippen LogP contribution in [-0.4, -0.2) is 96.7 Å². The molecule has 19 heteroatoms. The molecule has 5 unspecified atom stereocenters. The molecular weight excluding hydrogens is 1400 g/mol. The van der Waals surface area contributed by atoms with Crippen molar-refractivity contribution in [3.63, 3.8) is 0 Å². The second-order valence-corrected chi connectivity index (χ2v) is 28.0. The van der Waals surface area contributed by atoms with Crippen molar-refractivity contribution in [3.8, 4) is 0 Å². The molecule has 0 fully saturated rings. The highest BCUT2D eigenvalue weighted by Gasteiger charge is 2.30. The van der Waals surface area contributed by atoms with Crippen molar-refractivity contribution in [2.45, 2.75) is 264 Å². The van der Waals surface area contributed by atoms with E-state index in [1.165, 1.54) is 0 Å². The zero-order valence-corrected chi connectivity index (χ0v) is 67.7. The number of ether oxygens (including phenoxy) is 4. The third kappa shape index (κ3) is 77.3. The van der Waals surface area contributed by atoms with E-state index < -0.39 is 97.5 Å². The summed E-state index contributed by atoms with van der Waals surface area (Å²) in [6, 6.07) is 0. The molecule has 604 valence electrons. The third-order valence-electron chi connectivity index (χ3n) is 15.1. The molecule has 0 spiro atoms. The number of carbonyl (C=O) groups excluding carboxylic acids is 4. The molecule has 0 aromatic rings. The van der Waals surface area contributed by atoms with Crippen LogP contribution in [0.5, 0.6) is 0 Å². The summed E-state index contributed by atoms with van der Waals surface area (Å²) in [7, 11) is -10.1. The standard InChI is InChI=1S/C89H136O17P2/c1-5-9-13-17-21-25-29-33-37-40-41-44-47-50-54-58-62-66-70-74-87(92)100-79-84(105-88(93)75-71-67-63-59-55-51-45-36-32-28-24-20-16-12-8-4)81-103-107(95,96)101-77-83(90)78-102-108(97,98)104-82-85(106-89(94)76-72-68-64-60-56-52-48-43-39-35-31-27-23-19-15-11-7-3)80-99-86(91)73-69-65-61-57-53-49-46-42-38-34-30-26-22-18-14-10-6-2/h9-16,21-28,33-39,41,44-46,48-49,52,55,57,59-61,64,67,71,83-85,90H,5-8,17-20,29-32,40,42-43,47,50-51,53-54,56,58,62-63,65-66,68-70,72-82H2,1-4H3,(H,95,96)(H,97,98)/b13-9-,14-10-,15-11-,16-12-,25-21-,26-22-,27-23-,28-24-,37-33-,38-34-,39-35-,44-41-,45-36-,49-46-,52-48-,59-55-,61-57-,64-60-,71-67-. The van der Waals surface area contributed by atoms with Crippen LogP contribution in [-0.2, 0) is 65.4 Å². The fourth-order valence-corrected chi connectivity index (χ4v) is 10.9. The van der Waals surface area contributed by atoms with Crippen molar-refractivity contribution in [1.82, 2.24) is 0 Å². The number of aliphatic hydroxyl groups excluding tert-OH is 1. The Hall–Kier alpha value is -6.88.